The molecule has 5 nitrogen and oxygen atoms in total. The van der Waals surface area contributed by atoms with Crippen molar-refractivity contribution in [3.8, 4) is 0 Å². The Balaban J connectivity index is 2.10. The Morgan fingerprint density at radius 1 is 1.38 bits per heavy atom. The van der Waals surface area contributed by atoms with E-state index >= 15 is 0 Å². The fourth-order valence-electron chi connectivity index (χ4n) is 1.56. The third-order valence-corrected chi connectivity index (χ3v) is 2.28. The molecule has 0 aliphatic carbocycles. The molecular formula is C8H15N5. The van der Waals surface area contributed by atoms with Crippen LogP contribution in [-0.2, 0) is 0 Å². The summed E-state index contributed by atoms with van der Waals surface area (Å²) in [5.41, 5.74) is 9.76. The van der Waals surface area contributed by atoms with Crippen LogP contribution in [0, 0.1) is 0 Å². The Morgan fingerprint density at radius 3 is 3.08 bits per heavy atom. The normalized spacial score (nSPS) is 18.6. The van der Waals surface area contributed by atoms with E-state index in [1.807, 2.05) is 0 Å². The standard InChI is InChI=1S/C8H15N5/c9-7-6-10-12-8(7)13-5-3-1-2-4-11-13/h6,11H,1-5,9H2,(H,10,12). The summed E-state index contributed by atoms with van der Waals surface area (Å²) in [6.45, 7) is 2.00. The van der Waals surface area contributed by atoms with Crippen LogP contribution < -0.4 is 16.2 Å². The summed E-state index contributed by atoms with van der Waals surface area (Å²) in [7, 11) is 0. The summed E-state index contributed by atoms with van der Waals surface area (Å²) in [4.78, 5) is 0. The maximum absolute atomic E-state index is 5.75. The van der Waals surface area contributed by atoms with Crippen molar-refractivity contribution in [2.24, 2.45) is 0 Å². The third-order valence-electron chi connectivity index (χ3n) is 2.28. The van der Waals surface area contributed by atoms with Crippen LogP contribution in [0.2, 0.25) is 0 Å². The summed E-state index contributed by atoms with van der Waals surface area (Å²) >= 11 is 0. The number of hydrogen-bond donors (Lipinski definition) is 3. The summed E-state index contributed by atoms with van der Waals surface area (Å²) in [5, 5.41) is 8.84. The number of aromatic nitrogens is 2. The number of hydrogen-bond acceptors (Lipinski definition) is 4. The van der Waals surface area contributed by atoms with Crippen LogP contribution in [0.1, 0.15) is 19.3 Å². The maximum atomic E-state index is 5.75. The monoisotopic (exact) mass is 181 g/mol. The average molecular weight is 181 g/mol. The van der Waals surface area contributed by atoms with Crippen LogP contribution in [0.4, 0.5) is 11.5 Å². The number of rotatable bonds is 1. The van der Waals surface area contributed by atoms with Gasteiger partial charge in [0.25, 0.3) is 0 Å². The second kappa shape index (κ2) is 3.66. The molecule has 0 radical (unpaired) electrons. The molecule has 0 saturated carbocycles. The SMILES string of the molecule is Nc1cn[nH]c1N1CCCCCN1. The molecule has 0 unspecified atom stereocenters. The predicted octanol–water partition coefficient (Wildman–Crippen LogP) is 0.487. The Hall–Kier alpha value is -1.23. The van der Waals surface area contributed by atoms with E-state index in [0.29, 0.717) is 5.69 Å². The molecule has 1 aromatic heterocycles. The molecule has 2 heterocycles. The molecule has 0 bridgehead atoms. The minimum Gasteiger partial charge on any atom is -0.394 e. The smallest absolute Gasteiger partial charge is 0.162 e. The first-order valence-electron chi connectivity index (χ1n) is 4.68. The summed E-state index contributed by atoms with van der Waals surface area (Å²) in [6.07, 6.45) is 5.34. The lowest BCUT2D eigenvalue weighted by atomic mass is 10.2. The maximum Gasteiger partial charge on any atom is 0.162 e. The van der Waals surface area contributed by atoms with E-state index in [9.17, 15) is 0 Å². The molecule has 13 heavy (non-hydrogen) atoms. The lowest BCUT2D eigenvalue weighted by Crippen LogP contribution is -2.38. The highest BCUT2D eigenvalue weighted by atomic mass is 15.5. The van der Waals surface area contributed by atoms with E-state index < -0.39 is 0 Å². The van der Waals surface area contributed by atoms with Gasteiger partial charge in [0.1, 0.15) is 0 Å². The molecule has 0 atom stereocenters. The fraction of sp³-hybridized carbons (Fsp3) is 0.625. The van der Waals surface area contributed by atoms with Gasteiger partial charge in [-0.2, -0.15) is 5.10 Å². The van der Waals surface area contributed by atoms with Crippen molar-refractivity contribution in [2.45, 2.75) is 19.3 Å². The number of hydrazine groups is 1. The lowest BCUT2D eigenvalue weighted by molar-refractivity contribution is 0.652. The topological polar surface area (TPSA) is 70.0 Å². The number of nitrogens with zero attached hydrogens (tertiary/aromatic N) is 2. The van der Waals surface area contributed by atoms with Gasteiger partial charge in [-0.1, -0.05) is 6.42 Å². The molecule has 5 heteroatoms. The van der Waals surface area contributed by atoms with E-state index in [1.165, 1.54) is 19.3 Å². The predicted molar refractivity (Wildman–Crippen MR) is 52.2 cm³/mol. The van der Waals surface area contributed by atoms with Crippen LogP contribution in [-0.4, -0.2) is 23.3 Å². The van der Waals surface area contributed by atoms with E-state index in [1.54, 1.807) is 6.20 Å². The minimum atomic E-state index is 0.703. The highest BCUT2D eigenvalue weighted by Crippen LogP contribution is 2.18. The fourth-order valence-corrected chi connectivity index (χ4v) is 1.56. The molecule has 1 aliphatic rings. The number of anilines is 2. The van der Waals surface area contributed by atoms with E-state index in [-0.39, 0.29) is 0 Å². The lowest BCUT2D eigenvalue weighted by Gasteiger charge is -2.21. The summed E-state index contributed by atoms with van der Waals surface area (Å²) < 4.78 is 0. The van der Waals surface area contributed by atoms with Gasteiger partial charge >= 0.3 is 0 Å². The van der Waals surface area contributed by atoms with Crippen molar-refractivity contribution >= 4 is 11.5 Å². The van der Waals surface area contributed by atoms with Gasteiger partial charge in [0.15, 0.2) is 5.82 Å². The Labute approximate surface area is 77.3 Å². The van der Waals surface area contributed by atoms with Crippen LogP contribution in [0.15, 0.2) is 6.20 Å². The van der Waals surface area contributed by atoms with Crippen molar-refractivity contribution < 1.29 is 0 Å². The third kappa shape index (κ3) is 1.75. The van der Waals surface area contributed by atoms with Crippen LogP contribution in [0.25, 0.3) is 0 Å². The number of nitrogen functional groups attached to an aromatic ring is 1. The molecule has 0 spiro atoms. The average Bonchev–Trinajstić information content (AvgIpc) is 2.43. The van der Waals surface area contributed by atoms with Crippen molar-refractivity contribution in [2.75, 3.05) is 23.8 Å². The molecule has 1 aromatic rings. The van der Waals surface area contributed by atoms with Gasteiger partial charge in [0.05, 0.1) is 11.9 Å². The quantitative estimate of drug-likeness (QED) is 0.589. The molecular weight excluding hydrogens is 166 g/mol. The number of nitrogens with one attached hydrogen (secondary N) is 2. The van der Waals surface area contributed by atoms with Crippen molar-refractivity contribution in [3.05, 3.63) is 6.20 Å². The largest absolute Gasteiger partial charge is 0.394 e. The second-order valence-corrected chi connectivity index (χ2v) is 3.29. The first kappa shape index (κ1) is 8.37. The molecule has 2 rings (SSSR count). The molecule has 1 saturated heterocycles. The second-order valence-electron chi connectivity index (χ2n) is 3.29. The first-order valence-corrected chi connectivity index (χ1v) is 4.68. The summed E-state index contributed by atoms with van der Waals surface area (Å²) in [6, 6.07) is 0. The number of nitrogens with two attached hydrogens (primary N) is 1. The van der Waals surface area contributed by atoms with Gasteiger partial charge in [0.2, 0.25) is 0 Å². The van der Waals surface area contributed by atoms with Gasteiger partial charge in [-0.15, -0.1) is 0 Å². The van der Waals surface area contributed by atoms with Crippen molar-refractivity contribution in [1.29, 1.82) is 0 Å². The van der Waals surface area contributed by atoms with Crippen molar-refractivity contribution in [3.63, 3.8) is 0 Å². The molecule has 72 valence electrons. The van der Waals surface area contributed by atoms with Crippen LogP contribution >= 0.6 is 0 Å². The zero-order chi connectivity index (χ0) is 9.10. The molecule has 1 aliphatic heterocycles. The van der Waals surface area contributed by atoms with E-state index in [2.05, 4.69) is 20.6 Å². The van der Waals surface area contributed by atoms with Crippen LogP contribution in [0.5, 0.6) is 0 Å². The highest BCUT2D eigenvalue weighted by Gasteiger charge is 2.12. The first-order chi connectivity index (χ1) is 6.38. The van der Waals surface area contributed by atoms with Gasteiger partial charge in [-0.3, -0.25) is 10.1 Å². The zero-order valence-electron chi connectivity index (χ0n) is 7.58. The van der Waals surface area contributed by atoms with Gasteiger partial charge < -0.3 is 5.73 Å². The zero-order valence-corrected chi connectivity index (χ0v) is 7.58. The van der Waals surface area contributed by atoms with E-state index in [0.717, 1.165) is 18.9 Å². The van der Waals surface area contributed by atoms with E-state index in [4.69, 9.17) is 5.73 Å². The highest BCUT2D eigenvalue weighted by molar-refractivity contribution is 5.60. The van der Waals surface area contributed by atoms with Crippen molar-refractivity contribution in [1.82, 2.24) is 15.6 Å². The van der Waals surface area contributed by atoms with Gasteiger partial charge in [0, 0.05) is 13.1 Å². The Morgan fingerprint density at radius 2 is 2.31 bits per heavy atom. The number of H-pyrrole nitrogens is 1. The number of aromatic amines is 1. The van der Waals surface area contributed by atoms with Crippen LogP contribution in [0.3, 0.4) is 0 Å². The molecule has 4 N–H and O–H groups in total. The molecule has 1 fully saturated rings. The Bertz CT molecular complexity index is 261. The molecule has 0 aromatic carbocycles. The van der Waals surface area contributed by atoms with Gasteiger partial charge in [-0.05, 0) is 12.8 Å². The Kier molecular flexibility index (Phi) is 2.35. The minimum absolute atomic E-state index is 0.703. The molecule has 0 amide bonds. The summed E-state index contributed by atoms with van der Waals surface area (Å²) in [5.74, 6) is 0.891. The van der Waals surface area contributed by atoms with Gasteiger partial charge in [-0.25, -0.2) is 5.43 Å².